The molecule has 0 spiro atoms. The molecule has 23 heavy (non-hydrogen) atoms. The largest absolute Gasteiger partial charge is 0.504 e. The highest BCUT2D eigenvalue weighted by Crippen LogP contribution is 2.39. The van der Waals surface area contributed by atoms with Gasteiger partial charge >= 0.3 is 6.03 Å². The molecule has 0 fully saturated rings. The van der Waals surface area contributed by atoms with Crippen molar-refractivity contribution in [2.75, 3.05) is 19.5 Å². The van der Waals surface area contributed by atoms with Crippen molar-refractivity contribution in [2.24, 2.45) is 0 Å². The first-order valence-electron chi connectivity index (χ1n) is 6.88. The topological polar surface area (TPSA) is 76.7 Å². The van der Waals surface area contributed by atoms with Gasteiger partial charge in [-0.2, -0.15) is 0 Å². The third kappa shape index (κ3) is 5.59. The average Bonchev–Trinajstić information content (AvgIpc) is 2.43. The molecule has 0 aromatic heterocycles. The van der Waals surface area contributed by atoms with Gasteiger partial charge in [0.1, 0.15) is 5.75 Å². The fourth-order valence-electron chi connectivity index (χ4n) is 1.88. The summed E-state index contributed by atoms with van der Waals surface area (Å²) in [6, 6.07) is 2.90. The first kappa shape index (κ1) is 19.0. The molecule has 0 saturated carbocycles. The van der Waals surface area contributed by atoms with E-state index >= 15 is 0 Å². The number of carbonyl (C=O) groups excluding carboxylic acids is 2. The van der Waals surface area contributed by atoms with Crippen LogP contribution in [0.5, 0.6) is 5.75 Å². The number of hydrogen-bond acceptors (Lipinski definition) is 4. The molecule has 0 saturated heterocycles. The Balaban J connectivity index is 2.97. The Bertz CT molecular complexity index is 621. The standard InChI is InChI=1S/C16H21BrN2O4/c1-16(2,3)11-8-10(9-12(17)14(11)23-5)18-15(21)19-13(20)6-7-22-4/h6-9H,1-5H3,(H2,18,19,20,21). The van der Waals surface area contributed by atoms with Crippen LogP contribution in [-0.2, 0) is 14.9 Å². The van der Waals surface area contributed by atoms with Crippen molar-refractivity contribution in [2.45, 2.75) is 26.2 Å². The number of urea groups is 1. The molecule has 0 aliphatic carbocycles. The third-order valence-corrected chi connectivity index (χ3v) is 3.49. The third-order valence-electron chi connectivity index (χ3n) is 2.91. The summed E-state index contributed by atoms with van der Waals surface area (Å²) in [6.07, 6.45) is 2.30. The van der Waals surface area contributed by atoms with Crippen molar-refractivity contribution in [1.82, 2.24) is 5.32 Å². The molecule has 0 atom stereocenters. The second-order valence-corrected chi connectivity index (χ2v) is 6.63. The normalized spacial score (nSPS) is 11.2. The number of amides is 3. The van der Waals surface area contributed by atoms with Gasteiger partial charge < -0.3 is 14.8 Å². The van der Waals surface area contributed by atoms with Crippen LogP contribution in [0.4, 0.5) is 10.5 Å². The highest BCUT2D eigenvalue weighted by atomic mass is 79.9. The van der Waals surface area contributed by atoms with Crippen LogP contribution in [-0.4, -0.2) is 26.2 Å². The van der Waals surface area contributed by atoms with Gasteiger partial charge in [-0.05, 0) is 33.5 Å². The molecule has 0 heterocycles. The van der Waals surface area contributed by atoms with Crippen LogP contribution in [0.15, 0.2) is 28.9 Å². The Morgan fingerprint density at radius 3 is 2.39 bits per heavy atom. The summed E-state index contributed by atoms with van der Waals surface area (Å²) >= 11 is 3.43. The predicted molar refractivity (Wildman–Crippen MR) is 92.7 cm³/mol. The minimum Gasteiger partial charge on any atom is -0.504 e. The van der Waals surface area contributed by atoms with E-state index in [1.807, 2.05) is 26.8 Å². The minimum absolute atomic E-state index is 0.181. The molecule has 0 unspecified atom stereocenters. The van der Waals surface area contributed by atoms with E-state index in [0.717, 1.165) is 11.6 Å². The van der Waals surface area contributed by atoms with Gasteiger partial charge in [-0.25, -0.2) is 4.79 Å². The number of ether oxygens (including phenoxy) is 2. The Kier molecular flexibility index (Phi) is 6.62. The zero-order chi connectivity index (χ0) is 17.6. The van der Waals surface area contributed by atoms with E-state index in [-0.39, 0.29) is 5.41 Å². The first-order chi connectivity index (χ1) is 10.7. The lowest BCUT2D eigenvalue weighted by atomic mass is 9.86. The molecule has 1 rings (SSSR count). The second-order valence-electron chi connectivity index (χ2n) is 5.77. The molecule has 0 aliphatic rings. The van der Waals surface area contributed by atoms with E-state index in [0.29, 0.717) is 15.9 Å². The summed E-state index contributed by atoms with van der Waals surface area (Å²) < 4.78 is 10.7. The lowest BCUT2D eigenvalue weighted by Gasteiger charge is -2.24. The summed E-state index contributed by atoms with van der Waals surface area (Å²) in [4.78, 5) is 23.3. The summed E-state index contributed by atoms with van der Waals surface area (Å²) in [5.74, 6) is 0.135. The zero-order valence-corrected chi connectivity index (χ0v) is 15.4. The number of rotatable bonds is 4. The maximum Gasteiger partial charge on any atom is 0.326 e. The maximum atomic E-state index is 11.8. The van der Waals surface area contributed by atoms with Gasteiger partial charge in [-0.1, -0.05) is 20.8 Å². The Hall–Kier alpha value is -2.02. The fraction of sp³-hybridized carbons (Fsp3) is 0.375. The average molecular weight is 385 g/mol. The number of carbonyl (C=O) groups is 2. The SMILES string of the molecule is COC=CC(=O)NC(=O)Nc1cc(Br)c(OC)c(C(C)(C)C)c1. The van der Waals surface area contributed by atoms with Crippen molar-refractivity contribution in [3.05, 3.63) is 34.5 Å². The van der Waals surface area contributed by atoms with Crippen LogP contribution in [0, 0.1) is 0 Å². The maximum absolute atomic E-state index is 11.8. The van der Waals surface area contributed by atoms with Gasteiger partial charge in [0.15, 0.2) is 0 Å². The lowest BCUT2D eigenvalue weighted by Crippen LogP contribution is -2.33. The van der Waals surface area contributed by atoms with Crippen molar-refractivity contribution >= 4 is 33.6 Å². The molecule has 3 amide bonds. The highest BCUT2D eigenvalue weighted by molar-refractivity contribution is 9.10. The predicted octanol–water partition coefficient (Wildman–Crippen LogP) is 3.56. The highest BCUT2D eigenvalue weighted by Gasteiger charge is 2.22. The number of benzene rings is 1. The Labute approximate surface area is 144 Å². The van der Waals surface area contributed by atoms with Crippen molar-refractivity contribution in [1.29, 1.82) is 0 Å². The molecule has 6 nitrogen and oxygen atoms in total. The molecule has 2 N–H and O–H groups in total. The van der Waals surface area contributed by atoms with Gasteiger partial charge in [0.2, 0.25) is 0 Å². The summed E-state index contributed by atoms with van der Waals surface area (Å²) in [5, 5.41) is 4.79. The number of methoxy groups -OCH3 is 2. The molecule has 7 heteroatoms. The number of halogens is 1. The van der Waals surface area contributed by atoms with Crippen LogP contribution in [0.25, 0.3) is 0 Å². The Morgan fingerprint density at radius 2 is 1.87 bits per heavy atom. The second kappa shape index (κ2) is 8.01. The molecular formula is C16H21BrN2O4. The number of hydrogen-bond donors (Lipinski definition) is 2. The van der Waals surface area contributed by atoms with Gasteiger partial charge in [0.25, 0.3) is 5.91 Å². The van der Waals surface area contributed by atoms with Crippen LogP contribution in [0.1, 0.15) is 26.3 Å². The zero-order valence-electron chi connectivity index (χ0n) is 13.8. The quantitative estimate of drug-likeness (QED) is 0.614. The van der Waals surface area contributed by atoms with Gasteiger partial charge in [0.05, 0.1) is 25.0 Å². The van der Waals surface area contributed by atoms with E-state index in [9.17, 15) is 9.59 Å². The molecule has 0 aliphatic heterocycles. The Morgan fingerprint density at radius 1 is 1.22 bits per heavy atom. The molecule has 0 radical (unpaired) electrons. The van der Waals surface area contributed by atoms with Crippen molar-refractivity contribution < 1.29 is 19.1 Å². The van der Waals surface area contributed by atoms with Crippen LogP contribution in [0.3, 0.4) is 0 Å². The van der Waals surface area contributed by atoms with E-state index in [1.54, 1.807) is 13.2 Å². The summed E-state index contributed by atoms with van der Waals surface area (Å²) in [6.45, 7) is 6.13. The van der Waals surface area contributed by atoms with Gasteiger partial charge in [-0.15, -0.1) is 0 Å². The molecule has 1 aromatic rings. The smallest absolute Gasteiger partial charge is 0.326 e. The van der Waals surface area contributed by atoms with E-state index in [2.05, 4.69) is 31.3 Å². The van der Waals surface area contributed by atoms with Gasteiger partial charge in [0, 0.05) is 17.3 Å². The lowest BCUT2D eigenvalue weighted by molar-refractivity contribution is -0.115. The number of imide groups is 1. The van der Waals surface area contributed by atoms with E-state index < -0.39 is 11.9 Å². The van der Waals surface area contributed by atoms with Crippen LogP contribution >= 0.6 is 15.9 Å². The number of nitrogens with one attached hydrogen (secondary N) is 2. The van der Waals surface area contributed by atoms with Crippen LogP contribution < -0.4 is 15.4 Å². The van der Waals surface area contributed by atoms with E-state index in [4.69, 9.17) is 4.74 Å². The summed E-state index contributed by atoms with van der Waals surface area (Å²) in [7, 11) is 3.00. The van der Waals surface area contributed by atoms with E-state index in [1.165, 1.54) is 13.4 Å². The first-order valence-corrected chi connectivity index (χ1v) is 7.67. The molecular weight excluding hydrogens is 364 g/mol. The van der Waals surface area contributed by atoms with Gasteiger partial charge in [-0.3, -0.25) is 10.1 Å². The van der Waals surface area contributed by atoms with Crippen molar-refractivity contribution in [3.63, 3.8) is 0 Å². The molecule has 126 valence electrons. The monoisotopic (exact) mass is 384 g/mol. The molecule has 0 bridgehead atoms. The molecule has 1 aromatic carbocycles. The fourth-order valence-corrected chi connectivity index (χ4v) is 2.50. The van der Waals surface area contributed by atoms with Crippen molar-refractivity contribution in [3.8, 4) is 5.75 Å². The summed E-state index contributed by atoms with van der Waals surface area (Å²) in [5.41, 5.74) is 1.29. The van der Waals surface area contributed by atoms with Crippen LogP contribution in [0.2, 0.25) is 0 Å². The minimum atomic E-state index is -0.632. The number of anilines is 1.